The van der Waals surface area contributed by atoms with Gasteiger partial charge in [-0.05, 0) is 28.8 Å². The van der Waals surface area contributed by atoms with Crippen LogP contribution in [0.15, 0.2) is 36.4 Å². The number of nitrogen functional groups attached to an aromatic ring is 1. The molecule has 2 aromatic carbocycles. The minimum absolute atomic E-state index is 0.146. The summed E-state index contributed by atoms with van der Waals surface area (Å²) in [4.78, 5) is 12.2. The number of carbonyl (C=O) groups is 1. The van der Waals surface area contributed by atoms with Crippen molar-refractivity contribution in [1.82, 2.24) is 0 Å². The van der Waals surface area contributed by atoms with E-state index in [1.54, 1.807) is 0 Å². The first-order chi connectivity index (χ1) is 8.61. The second kappa shape index (κ2) is 5.21. The monoisotopic (exact) mass is 241 g/mol. The molecule has 0 spiro atoms. The Balaban J connectivity index is 2.38. The first kappa shape index (κ1) is 12.6. The largest absolute Gasteiger partial charge is 0.398 e. The number of rotatable bonds is 4. The van der Waals surface area contributed by atoms with Crippen molar-refractivity contribution < 1.29 is 4.79 Å². The molecule has 0 saturated heterocycles. The van der Waals surface area contributed by atoms with E-state index in [4.69, 9.17) is 5.73 Å². The number of nitrogens with two attached hydrogens (primary N) is 1. The van der Waals surface area contributed by atoms with Gasteiger partial charge < -0.3 is 5.73 Å². The standard InChI is InChI=1S/C16H19NO/c1-3-11(2)8-16(18)14-9-12-6-4-5-7-13(12)10-15(14)17/h4-7,9-11H,3,8,17H2,1-2H3. The molecule has 2 N–H and O–H groups in total. The Morgan fingerprint density at radius 2 is 1.83 bits per heavy atom. The maximum Gasteiger partial charge on any atom is 0.165 e. The van der Waals surface area contributed by atoms with Crippen LogP contribution >= 0.6 is 0 Å². The lowest BCUT2D eigenvalue weighted by atomic mass is 9.95. The van der Waals surface area contributed by atoms with Crippen LogP contribution in [0.1, 0.15) is 37.0 Å². The predicted molar refractivity (Wildman–Crippen MR) is 76.8 cm³/mol. The molecule has 0 aliphatic rings. The molecule has 0 saturated carbocycles. The molecule has 0 bridgehead atoms. The van der Waals surface area contributed by atoms with Crippen LogP contribution < -0.4 is 5.73 Å². The third-order valence-corrected chi connectivity index (χ3v) is 3.45. The molecule has 0 amide bonds. The summed E-state index contributed by atoms with van der Waals surface area (Å²) in [7, 11) is 0. The van der Waals surface area contributed by atoms with E-state index < -0.39 is 0 Å². The Labute approximate surface area is 108 Å². The first-order valence-corrected chi connectivity index (χ1v) is 6.43. The minimum Gasteiger partial charge on any atom is -0.398 e. The molecule has 2 heteroatoms. The molecule has 0 heterocycles. The zero-order valence-electron chi connectivity index (χ0n) is 10.9. The second-order valence-corrected chi connectivity index (χ2v) is 4.93. The summed E-state index contributed by atoms with van der Waals surface area (Å²) in [5.74, 6) is 0.552. The molecular weight excluding hydrogens is 222 g/mol. The summed E-state index contributed by atoms with van der Waals surface area (Å²) >= 11 is 0. The fraction of sp³-hybridized carbons (Fsp3) is 0.312. The van der Waals surface area contributed by atoms with Gasteiger partial charge in [0.15, 0.2) is 5.78 Å². The summed E-state index contributed by atoms with van der Waals surface area (Å²) in [6.07, 6.45) is 1.58. The fourth-order valence-electron chi connectivity index (χ4n) is 2.07. The number of benzene rings is 2. The normalized spacial score (nSPS) is 12.6. The summed E-state index contributed by atoms with van der Waals surface area (Å²) < 4.78 is 0. The molecule has 0 fully saturated rings. The van der Waals surface area contributed by atoms with Crippen molar-refractivity contribution in [3.63, 3.8) is 0 Å². The van der Waals surface area contributed by atoms with Crippen LogP contribution in [0, 0.1) is 5.92 Å². The van der Waals surface area contributed by atoms with Gasteiger partial charge in [-0.1, -0.05) is 44.5 Å². The van der Waals surface area contributed by atoms with Gasteiger partial charge in [-0.3, -0.25) is 4.79 Å². The first-order valence-electron chi connectivity index (χ1n) is 6.43. The maximum absolute atomic E-state index is 12.2. The molecule has 0 radical (unpaired) electrons. The fourth-order valence-corrected chi connectivity index (χ4v) is 2.07. The van der Waals surface area contributed by atoms with Crippen molar-refractivity contribution in [2.45, 2.75) is 26.7 Å². The van der Waals surface area contributed by atoms with Gasteiger partial charge in [-0.2, -0.15) is 0 Å². The van der Waals surface area contributed by atoms with Gasteiger partial charge in [0.25, 0.3) is 0 Å². The van der Waals surface area contributed by atoms with Crippen LogP contribution in [0.4, 0.5) is 5.69 Å². The van der Waals surface area contributed by atoms with E-state index in [2.05, 4.69) is 13.8 Å². The van der Waals surface area contributed by atoms with Gasteiger partial charge in [-0.15, -0.1) is 0 Å². The van der Waals surface area contributed by atoms with Crippen LogP contribution in [-0.2, 0) is 0 Å². The molecular formula is C16H19NO. The molecule has 18 heavy (non-hydrogen) atoms. The Kier molecular flexibility index (Phi) is 3.66. The number of hydrogen-bond donors (Lipinski definition) is 1. The van der Waals surface area contributed by atoms with Crippen LogP contribution in [0.5, 0.6) is 0 Å². The molecule has 0 aromatic heterocycles. The molecule has 0 aliphatic carbocycles. The van der Waals surface area contributed by atoms with Gasteiger partial charge in [-0.25, -0.2) is 0 Å². The topological polar surface area (TPSA) is 43.1 Å². The number of hydrogen-bond acceptors (Lipinski definition) is 2. The summed E-state index contributed by atoms with van der Waals surface area (Å²) in [5.41, 5.74) is 7.23. The Bertz CT molecular complexity index is 574. The Morgan fingerprint density at radius 1 is 1.22 bits per heavy atom. The van der Waals surface area contributed by atoms with E-state index >= 15 is 0 Å². The van der Waals surface area contributed by atoms with Crippen LogP contribution in [0.2, 0.25) is 0 Å². The number of Topliss-reactive ketones (excluding diaryl/α,β-unsaturated/α-hetero) is 1. The van der Waals surface area contributed by atoms with Gasteiger partial charge in [0.05, 0.1) is 0 Å². The van der Waals surface area contributed by atoms with Crippen LogP contribution in [0.25, 0.3) is 10.8 Å². The Morgan fingerprint density at radius 3 is 2.44 bits per heavy atom. The van der Waals surface area contributed by atoms with E-state index in [0.717, 1.165) is 17.2 Å². The van der Waals surface area contributed by atoms with Crippen molar-refractivity contribution in [3.8, 4) is 0 Å². The molecule has 2 rings (SSSR count). The van der Waals surface area contributed by atoms with Gasteiger partial charge in [0.1, 0.15) is 0 Å². The number of fused-ring (bicyclic) bond motifs is 1. The zero-order chi connectivity index (χ0) is 13.1. The highest BCUT2D eigenvalue weighted by atomic mass is 16.1. The quantitative estimate of drug-likeness (QED) is 0.648. The predicted octanol–water partition coefficient (Wildman–Crippen LogP) is 4.04. The van der Waals surface area contributed by atoms with Gasteiger partial charge in [0.2, 0.25) is 0 Å². The summed E-state index contributed by atoms with van der Waals surface area (Å²) in [6.45, 7) is 4.19. The lowest BCUT2D eigenvalue weighted by molar-refractivity contribution is 0.0964. The molecule has 2 aromatic rings. The van der Waals surface area contributed by atoms with Crippen molar-refractivity contribution in [3.05, 3.63) is 42.0 Å². The summed E-state index contributed by atoms with van der Waals surface area (Å²) in [5, 5.41) is 2.15. The second-order valence-electron chi connectivity index (χ2n) is 4.93. The highest BCUT2D eigenvalue weighted by Crippen LogP contribution is 2.24. The van der Waals surface area contributed by atoms with E-state index in [1.165, 1.54) is 0 Å². The van der Waals surface area contributed by atoms with Crippen molar-refractivity contribution in [2.75, 3.05) is 5.73 Å². The van der Waals surface area contributed by atoms with E-state index in [9.17, 15) is 4.79 Å². The van der Waals surface area contributed by atoms with Gasteiger partial charge in [0, 0.05) is 17.7 Å². The maximum atomic E-state index is 12.2. The highest BCUT2D eigenvalue weighted by molar-refractivity contribution is 6.05. The average molecular weight is 241 g/mol. The van der Waals surface area contributed by atoms with Crippen LogP contribution in [0.3, 0.4) is 0 Å². The SMILES string of the molecule is CCC(C)CC(=O)c1cc2ccccc2cc1N. The van der Waals surface area contributed by atoms with Crippen LogP contribution in [-0.4, -0.2) is 5.78 Å². The molecule has 1 unspecified atom stereocenters. The van der Waals surface area contributed by atoms with Gasteiger partial charge >= 0.3 is 0 Å². The zero-order valence-corrected chi connectivity index (χ0v) is 10.9. The third kappa shape index (κ3) is 2.53. The highest BCUT2D eigenvalue weighted by Gasteiger charge is 2.13. The molecule has 94 valence electrons. The van der Waals surface area contributed by atoms with E-state index in [1.807, 2.05) is 36.4 Å². The van der Waals surface area contributed by atoms with Crippen molar-refractivity contribution in [1.29, 1.82) is 0 Å². The summed E-state index contributed by atoms with van der Waals surface area (Å²) in [6, 6.07) is 11.8. The van der Waals surface area contributed by atoms with Crippen molar-refractivity contribution >= 4 is 22.2 Å². The Hall–Kier alpha value is -1.83. The van der Waals surface area contributed by atoms with E-state index in [0.29, 0.717) is 23.6 Å². The minimum atomic E-state index is 0.146. The van der Waals surface area contributed by atoms with E-state index in [-0.39, 0.29) is 5.78 Å². The number of carbonyl (C=O) groups excluding carboxylic acids is 1. The third-order valence-electron chi connectivity index (χ3n) is 3.45. The molecule has 0 aliphatic heterocycles. The molecule has 2 nitrogen and oxygen atoms in total. The van der Waals surface area contributed by atoms with Crippen molar-refractivity contribution in [2.24, 2.45) is 5.92 Å². The lowest BCUT2D eigenvalue weighted by Crippen LogP contribution is -2.08. The number of ketones is 1. The smallest absolute Gasteiger partial charge is 0.165 e. The average Bonchev–Trinajstić information content (AvgIpc) is 2.37. The lowest BCUT2D eigenvalue weighted by Gasteiger charge is -2.10. The molecule has 1 atom stereocenters. The number of anilines is 1.